The van der Waals surface area contributed by atoms with Crippen LogP contribution in [0.5, 0.6) is 0 Å². The van der Waals surface area contributed by atoms with Crippen molar-refractivity contribution in [2.24, 2.45) is 5.92 Å². The van der Waals surface area contributed by atoms with Crippen molar-refractivity contribution in [1.82, 2.24) is 10.3 Å². The number of carboxylic acids is 1. The molecule has 2 rings (SSSR count). The predicted octanol–water partition coefficient (Wildman–Crippen LogP) is 1.06. The Labute approximate surface area is 98.9 Å². The molecule has 2 atom stereocenters. The number of nitrogens with one attached hydrogen (secondary N) is 1. The molecule has 1 aliphatic rings. The van der Waals surface area contributed by atoms with E-state index in [1.165, 1.54) is 6.20 Å². The number of rotatable bonds is 3. The van der Waals surface area contributed by atoms with Crippen LogP contribution < -0.4 is 5.32 Å². The fraction of sp³-hybridized carbons (Fsp3) is 0.417. The van der Waals surface area contributed by atoms with Crippen LogP contribution in [-0.4, -0.2) is 28.0 Å². The van der Waals surface area contributed by atoms with Gasteiger partial charge in [0.1, 0.15) is 0 Å². The van der Waals surface area contributed by atoms with E-state index >= 15 is 0 Å². The molecule has 0 unspecified atom stereocenters. The molecule has 1 aliphatic carbocycles. The van der Waals surface area contributed by atoms with Crippen LogP contribution in [0.4, 0.5) is 0 Å². The van der Waals surface area contributed by atoms with E-state index in [0.717, 1.165) is 6.42 Å². The molecule has 5 nitrogen and oxygen atoms in total. The Hall–Kier alpha value is -1.91. The third-order valence-corrected chi connectivity index (χ3v) is 3.04. The molecular formula is C12H14N2O3. The highest BCUT2D eigenvalue weighted by molar-refractivity contribution is 5.94. The molecule has 1 aromatic rings. The molecule has 5 heteroatoms. The highest BCUT2D eigenvalue weighted by atomic mass is 16.4. The zero-order valence-corrected chi connectivity index (χ0v) is 9.30. The molecule has 1 aromatic heterocycles. The van der Waals surface area contributed by atoms with Gasteiger partial charge in [-0.15, -0.1) is 0 Å². The van der Waals surface area contributed by atoms with Gasteiger partial charge >= 0.3 is 5.97 Å². The number of carbonyl (C=O) groups is 2. The summed E-state index contributed by atoms with van der Waals surface area (Å²) in [5, 5.41) is 11.7. The Kier molecular flexibility index (Phi) is 3.37. The van der Waals surface area contributed by atoms with Crippen molar-refractivity contribution in [3.63, 3.8) is 0 Å². The third-order valence-electron chi connectivity index (χ3n) is 3.04. The standard InChI is InChI=1S/C12H14N2O3/c15-11(9-2-1-5-13-7-9)14-10-4-3-8(6-10)12(16)17/h1-2,5,7-8,10H,3-4,6H2,(H,14,15)(H,16,17)/t8-,10+/m0/s1. The lowest BCUT2D eigenvalue weighted by atomic mass is 10.1. The average molecular weight is 234 g/mol. The first-order chi connectivity index (χ1) is 8.16. The summed E-state index contributed by atoms with van der Waals surface area (Å²) in [7, 11) is 0. The van der Waals surface area contributed by atoms with Gasteiger partial charge in [-0.05, 0) is 31.4 Å². The fourth-order valence-corrected chi connectivity index (χ4v) is 2.10. The summed E-state index contributed by atoms with van der Waals surface area (Å²) in [5.41, 5.74) is 0.506. The second-order valence-electron chi connectivity index (χ2n) is 4.26. The summed E-state index contributed by atoms with van der Waals surface area (Å²) >= 11 is 0. The van der Waals surface area contributed by atoms with Crippen LogP contribution in [0.25, 0.3) is 0 Å². The van der Waals surface area contributed by atoms with E-state index in [1.807, 2.05) is 0 Å². The minimum Gasteiger partial charge on any atom is -0.481 e. The quantitative estimate of drug-likeness (QED) is 0.819. The summed E-state index contributed by atoms with van der Waals surface area (Å²) < 4.78 is 0. The molecule has 90 valence electrons. The van der Waals surface area contributed by atoms with E-state index in [2.05, 4.69) is 10.3 Å². The van der Waals surface area contributed by atoms with Crippen LogP contribution in [0.15, 0.2) is 24.5 Å². The molecule has 1 amide bonds. The molecule has 2 N–H and O–H groups in total. The van der Waals surface area contributed by atoms with Crippen LogP contribution in [0.1, 0.15) is 29.6 Å². The lowest BCUT2D eigenvalue weighted by Gasteiger charge is -2.11. The van der Waals surface area contributed by atoms with Gasteiger partial charge in [0.15, 0.2) is 0 Å². The molecule has 0 aliphatic heterocycles. The number of nitrogens with zero attached hydrogens (tertiary/aromatic N) is 1. The number of hydrogen-bond donors (Lipinski definition) is 2. The number of carboxylic acid groups (broad SMARTS) is 1. The van der Waals surface area contributed by atoms with Gasteiger partial charge in [-0.1, -0.05) is 0 Å². The van der Waals surface area contributed by atoms with E-state index in [9.17, 15) is 9.59 Å². The summed E-state index contributed by atoms with van der Waals surface area (Å²) in [4.78, 5) is 26.4. The average Bonchev–Trinajstić information content (AvgIpc) is 2.79. The zero-order valence-electron chi connectivity index (χ0n) is 9.30. The predicted molar refractivity (Wildman–Crippen MR) is 60.5 cm³/mol. The Morgan fingerprint density at radius 3 is 2.82 bits per heavy atom. The summed E-state index contributed by atoms with van der Waals surface area (Å²) in [6.45, 7) is 0. The van der Waals surface area contributed by atoms with Crippen molar-refractivity contribution in [2.45, 2.75) is 25.3 Å². The lowest BCUT2D eigenvalue weighted by Crippen LogP contribution is -2.33. The highest BCUT2D eigenvalue weighted by Gasteiger charge is 2.30. The first-order valence-corrected chi connectivity index (χ1v) is 5.60. The largest absolute Gasteiger partial charge is 0.481 e. The van der Waals surface area contributed by atoms with Crippen LogP contribution in [0.2, 0.25) is 0 Å². The minimum absolute atomic E-state index is 0.0381. The number of pyridine rings is 1. The second kappa shape index (κ2) is 4.95. The van der Waals surface area contributed by atoms with Crippen molar-refractivity contribution in [1.29, 1.82) is 0 Å². The topological polar surface area (TPSA) is 79.3 Å². The van der Waals surface area contributed by atoms with Crippen LogP contribution in [0.3, 0.4) is 0 Å². The van der Waals surface area contributed by atoms with E-state index in [1.54, 1.807) is 18.3 Å². The Morgan fingerprint density at radius 1 is 1.41 bits per heavy atom. The van der Waals surface area contributed by atoms with Gasteiger partial charge < -0.3 is 10.4 Å². The van der Waals surface area contributed by atoms with Crippen molar-refractivity contribution < 1.29 is 14.7 Å². The molecule has 0 aromatic carbocycles. The number of aromatic nitrogens is 1. The van der Waals surface area contributed by atoms with Crippen molar-refractivity contribution >= 4 is 11.9 Å². The molecule has 1 saturated carbocycles. The molecule has 1 fully saturated rings. The Balaban J connectivity index is 1.91. The molecule has 0 saturated heterocycles. The first-order valence-electron chi connectivity index (χ1n) is 5.60. The Morgan fingerprint density at radius 2 is 2.24 bits per heavy atom. The van der Waals surface area contributed by atoms with Crippen LogP contribution >= 0.6 is 0 Å². The van der Waals surface area contributed by atoms with Crippen molar-refractivity contribution in [3.8, 4) is 0 Å². The summed E-state index contributed by atoms with van der Waals surface area (Å²) in [6.07, 6.45) is 4.98. The van der Waals surface area contributed by atoms with Crippen LogP contribution in [-0.2, 0) is 4.79 Å². The van der Waals surface area contributed by atoms with Crippen molar-refractivity contribution in [3.05, 3.63) is 30.1 Å². The number of carbonyl (C=O) groups excluding carboxylic acids is 1. The normalized spacial score (nSPS) is 23.3. The van der Waals surface area contributed by atoms with E-state index in [4.69, 9.17) is 5.11 Å². The van der Waals surface area contributed by atoms with Gasteiger partial charge in [0.25, 0.3) is 5.91 Å². The highest BCUT2D eigenvalue weighted by Crippen LogP contribution is 2.25. The SMILES string of the molecule is O=C(N[C@@H]1CC[C@H](C(=O)O)C1)c1cccnc1. The van der Waals surface area contributed by atoms with Gasteiger partial charge in [-0.25, -0.2) is 0 Å². The third kappa shape index (κ3) is 2.81. The van der Waals surface area contributed by atoms with Gasteiger partial charge in [-0.2, -0.15) is 0 Å². The fourth-order valence-electron chi connectivity index (χ4n) is 2.10. The van der Waals surface area contributed by atoms with E-state index < -0.39 is 5.97 Å². The first kappa shape index (κ1) is 11.6. The molecular weight excluding hydrogens is 220 g/mol. The molecule has 0 spiro atoms. The van der Waals surface area contributed by atoms with Gasteiger partial charge in [-0.3, -0.25) is 14.6 Å². The maximum Gasteiger partial charge on any atom is 0.306 e. The van der Waals surface area contributed by atoms with Gasteiger partial charge in [0.2, 0.25) is 0 Å². The molecule has 0 radical (unpaired) electrons. The van der Waals surface area contributed by atoms with E-state index in [-0.39, 0.29) is 17.9 Å². The summed E-state index contributed by atoms with van der Waals surface area (Å²) in [5.74, 6) is -1.29. The lowest BCUT2D eigenvalue weighted by molar-refractivity contribution is -0.141. The van der Waals surface area contributed by atoms with Gasteiger partial charge in [0, 0.05) is 18.4 Å². The molecule has 1 heterocycles. The summed E-state index contributed by atoms with van der Waals surface area (Å²) in [6, 6.07) is 3.35. The molecule has 0 bridgehead atoms. The smallest absolute Gasteiger partial charge is 0.306 e. The van der Waals surface area contributed by atoms with Gasteiger partial charge in [0.05, 0.1) is 11.5 Å². The van der Waals surface area contributed by atoms with Crippen molar-refractivity contribution in [2.75, 3.05) is 0 Å². The van der Waals surface area contributed by atoms with E-state index in [0.29, 0.717) is 18.4 Å². The minimum atomic E-state index is -0.775. The number of aliphatic carboxylic acids is 1. The maximum absolute atomic E-state index is 11.8. The number of amides is 1. The van der Waals surface area contributed by atoms with Crippen LogP contribution in [0, 0.1) is 5.92 Å². The maximum atomic E-state index is 11.8. The second-order valence-corrected chi connectivity index (χ2v) is 4.26. The zero-order chi connectivity index (χ0) is 12.3. The monoisotopic (exact) mass is 234 g/mol. The number of hydrogen-bond acceptors (Lipinski definition) is 3. The Bertz CT molecular complexity index is 419. The molecule has 17 heavy (non-hydrogen) atoms.